The number of likely N-dealkylation sites (tertiary alicyclic amines) is 1. The van der Waals surface area contributed by atoms with E-state index >= 15 is 0 Å². The largest absolute Gasteiger partial charge is 0.416 e. The van der Waals surface area contributed by atoms with Gasteiger partial charge in [0, 0.05) is 31.0 Å². The molecule has 1 N–H and O–H groups in total. The maximum atomic E-state index is 13.0. The van der Waals surface area contributed by atoms with Gasteiger partial charge in [-0.1, -0.05) is 12.1 Å². The number of aliphatic hydroxyl groups excluding tert-OH is 1. The van der Waals surface area contributed by atoms with Gasteiger partial charge in [0.05, 0.1) is 18.2 Å². The van der Waals surface area contributed by atoms with Crippen LogP contribution < -0.4 is 0 Å². The number of alkyl halides is 3. The van der Waals surface area contributed by atoms with Crippen LogP contribution in [-0.2, 0) is 12.7 Å². The van der Waals surface area contributed by atoms with Crippen molar-refractivity contribution >= 4 is 0 Å². The van der Waals surface area contributed by atoms with Gasteiger partial charge >= 0.3 is 6.18 Å². The summed E-state index contributed by atoms with van der Waals surface area (Å²) in [5.74, 6) is 0.848. The summed E-state index contributed by atoms with van der Waals surface area (Å²) in [6.07, 6.45) is -0.885. The van der Waals surface area contributed by atoms with Crippen molar-refractivity contribution in [1.82, 2.24) is 14.5 Å². The van der Waals surface area contributed by atoms with E-state index in [2.05, 4.69) is 4.98 Å². The van der Waals surface area contributed by atoms with Crippen molar-refractivity contribution in [2.45, 2.75) is 51.2 Å². The molecule has 1 aromatic heterocycles. The van der Waals surface area contributed by atoms with E-state index in [0.29, 0.717) is 25.1 Å². The van der Waals surface area contributed by atoms with Crippen LogP contribution in [0.2, 0.25) is 0 Å². The van der Waals surface area contributed by atoms with Gasteiger partial charge in [-0.25, -0.2) is 4.98 Å². The Morgan fingerprint density at radius 2 is 2.08 bits per heavy atom. The number of rotatable bonds is 4. The van der Waals surface area contributed by atoms with E-state index in [1.165, 1.54) is 12.1 Å². The molecule has 1 saturated heterocycles. The van der Waals surface area contributed by atoms with Gasteiger partial charge in [-0.15, -0.1) is 0 Å². The molecule has 2 atom stereocenters. The third kappa shape index (κ3) is 3.88. The number of imidazole rings is 1. The summed E-state index contributed by atoms with van der Waals surface area (Å²) in [5, 5.41) is 10.1. The number of β-amino-alcohol motifs (C(OH)–C–C–N with tert-alkyl or cyclic N) is 1. The maximum Gasteiger partial charge on any atom is 0.416 e. The molecule has 0 saturated carbocycles. The van der Waals surface area contributed by atoms with E-state index in [0.717, 1.165) is 11.9 Å². The molecule has 0 unspecified atom stereocenters. The first kappa shape index (κ1) is 17.9. The predicted molar refractivity (Wildman–Crippen MR) is 87.8 cm³/mol. The Kier molecular flexibility index (Phi) is 4.88. The first-order valence-electron chi connectivity index (χ1n) is 8.36. The van der Waals surface area contributed by atoms with Gasteiger partial charge in [0.25, 0.3) is 0 Å². The first-order chi connectivity index (χ1) is 11.8. The number of aromatic nitrogens is 2. The number of hydrogen-bond acceptors (Lipinski definition) is 3. The summed E-state index contributed by atoms with van der Waals surface area (Å²) in [6, 6.07) is 5.37. The van der Waals surface area contributed by atoms with Gasteiger partial charge in [0.1, 0.15) is 5.82 Å². The molecule has 1 aromatic carbocycles. The number of halogens is 3. The van der Waals surface area contributed by atoms with Gasteiger partial charge < -0.3 is 9.67 Å². The summed E-state index contributed by atoms with van der Waals surface area (Å²) in [4.78, 5) is 6.37. The Morgan fingerprint density at radius 1 is 1.32 bits per heavy atom. The number of hydrogen-bond donors (Lipinski definition) is 1. The normalized spacial score (nSPS) is 22.0. The van der Waals surface area contributed by atoms with Gasteiger partial charge in [0.2, 0.25) is 0 Å². The van der Waals surface area contributed by atoms with Crippen LogP contribution >= 0.6 is 0 Å². The molecule has 136 valence electrons. The monoisotopic (exact) mass is 353 g/mol. The summed E-state index contributed by atoms with van der Waals surface area (Å²) < 4.78 is 41.0. The molecule has 0 radical (unpaired) electrons. The van der Waals surface area contributed by atoms with Crippen molar-refractivity contribution in [1.29, 1.82) is 0 Å². The average molecular weight is 353 g/mol. The molecule has 0 amide bonds. The molecule has 3 rings (SSSR count). The fraction of sp³-hybridized carbons (Fsp3) is 0.500. The van der Waals surface area contributed by atoms with E-state index in [9.17, 15) is 18.3 Å². The molecule has 1 aliphatic rings. The number of nitrogens with zero attached hydrogens (tertiary/aromatic N) is 3. The Bertz CT molecular complexity index is 726. The minimum absolute atomic E-state index is 0.247. The zero-order valence-corrected chi connectivity index (χ0v) is 14.2. The van der Waals surface area contributed by atoms with Crippen LogP contribution in [0.1, 0.15) is 49.3 Å². The van der Waals surface area contributed by atoms with Crippen molar-refractivity contribution in [3.63, 3.8) is 0 Å². The molecule has 2 aromatic rings. The quantitative estimate of drug-likeness (QED) is 0.909. The SMILES string of the molecule is CC(C)n1ccnc1CN1C[C@H](O)C[C@@H]1c1cccc(C(F)(F)F)c1. The van der Waals surface area contributed by atoms with Gasteiger partial charge in [-0.2, -0.15) is 13.2 Å². The van der Waals surface area contributed by atoms with E-state index < -0.39 is 17.8 Å². The Hall–Kier alpha value is -1.86. The van der Waals surface area contributed by atoms with E-state index in [-0.39, 0.29) is 12.1 Å². The van der Waals surface area contributed by atoms with Crippen molar-refractivity contribution in [3.8, 4) is 0 Å². The average Bonchev–Trinajstić information content (AvgIpc) is 3.13. The highest BCUT2D eigenvalue weighted by Gasteiger charge is 2.35. The van der Waals surface area contributed by atoms with Crippen LogP contribution in [0.3, 0.4) is 0 Å². The van der Waals surface area contributed by atoms with Crippen molar-refractivity contribution in [3.05, 3.63) is 53.6 Å². The van der Waals surface area contributed by atoms with E-state index in [1.807, 2.05) is 29.5 Å². The lowest BCUT2D eigenvalue weighted by molar-refractivity contribution is -0.137. The van der Waals surface area contributed by atoms with E-state index in [1.54, 1.807) is 12.3 Å². The van der Waals surface area contributed by atoms with Crippen LogP contribution in [0.5, 0.6) is 0 Å². The Morgan fingerprint density at radius 3 is 2.76 bits per heavy atom. The van der Waals surface area contributed by atoms with Gasteiger partial charge in [0.15, 0.2) is 0 Å². The molecule has 4 nitrogen and oxygen atoms in total. The summed E-state index contributed by atoms with van der Waals surface area (Å²) in [6.45, 7) is 5.01. The highest BCUT2D eigenvalue weighted by molar-refractivity contribution is 5.29. The second-order valence-electron chi connectivity index (χ2n) is 6.80. The molecule has 0 bridgehead atoms. The van der Waals surface area contributed by atoms with Crippen LogP contribution in [0.15, 0.2) is 36.7 Å². The molecule has 1 fully saturated rings. The Labute approximate surface area is 144 Å². The highest BCUT2D eigenvalue weighted by atomic mass is 19.4. The predicted octanol–water partition coefficient (Wildman–Crippen LogP) is 3.79. The number of aliphatic hydroxyl groups is 1. The number of benzene rings is 1. The topological polar surface area (TPSA) is 41.3 Å². The highest BCUT2D eigenvalue weighted by Crippen LogP contribution is 2.36. The molecule has 7 heteroatoms. The fourth-order valence-corrected chi connectivity index (χ4v) is 3.44. The van der Waals surface area contributed by atoms with E-state index in [4.69, 9.17) is 0 Å². The molecule has 25 heavy (non-hydrogen) atoms. The third-order valence-corrected chi connectivity index (χ3v) is 4.63. The maximum absolute atomic E-state index is 13.0. The van der Waals surface area contributed by atoms with Crippen molar-refractivity contribution in [2.24, 2.45) is 0 Å². The first-order valence-corrected chi connectivity index (χ1v) is 8.36. The van der Waals surface area contributed by atoms with Crippen molar-refractivity contribution in [2.75, 3.05) is 6.54 Å². The lowest BCUT2D eigenvalue weighted by Crippen LogP contribution is -2.26. The van der Waals surface area contributed by atoms with Crippen LogP contribution in [0.4, 0.5) is 13.2 Å². The lowest BCUT2D eigenvalue weighted by Gasteiger charge is -2.25. The smallest absolute Gasteiger partial charge is 0.392 e. The Balaban J connectivity index is 1.86. The fourth-order valence-electron chi connectivity index (χ4n) is 3.44. The summed E-state index contributed by atoms with van der Waals surface area (Å²) in [5.41, 5.74) is -0.0796. The van der Waals surface area contributed by atoms with Gasteiger partial charge in [-0.3, -0.25) is 4.90 Å². The van der Waals surface area contributed by atoms with Crippen LogP contribution in [0, 0.1) is 0 Å². The molecular formula is C18H22F3N3O. The summed E-state index contributed by atoms with van der Waals surface area (Å²) in [7, 11) is 0. The molecule has 1 aliphatic heterocycles. The molecule has 0 spiro atoms. The zero-order valence-electron chi connectivity index (χ0n) is 14.2. The van der Waals surface area contributed by atoms with Gasteiger partial charge in [-0.05, 0) is 38.0 Å². The molecule has 2 heterocycles. The molecular weight excluding hydrogens is 331 g/mol. The standard InChI is InChI=1S/C18H22F3N3O/c1-12(2)24-7-6-22-17(24)11-23-10-15(25)9-16(23)13-4-3-5-14(8-13)18(19,20)21/h3-8,12,15-16,25H,9-11H2,1-2H3/t15-,16-/m1/s1. The van der Waals surface area contributed by atoms with Crippen LogP contribution in [-0.4, -0.2) is 32.2 Å². The van der Waals surface area contributed by atoms with Crippen LogP contribution in [0.25, 0.3) is 0 Å². The lowest BCUT2D eigenvalue weighted by atomic mass is 10.0. The zero-order chi connectivity index (χ0) is 18.2. The van der Waals surface area contributed by atoms with Crippen molar-refractivity contribution < 1.29 is 18.3 Å². The minimum Gasteiger partial charge on any atom is -0.392 e. The second-order valence-corrected chi connectivity index (χ2v) is 6.80. The second kappa shape index (κ2) is 6.80. The summed E-state index contributed by atoms with van der Waals surface area (Å²) >= 11 is 0. The molecule has 0 aliphatic carbocycles. The minimum atomic E-state index is -4.37. The third-order valence-electron chi connectivity index (χ3n) is 4.63.